The average Bonchev–Trinajstić information content (AvgIpc) is 3.19. The zero-order chi connectivity index (χ0) is 18.4. The molecule has 5 rings (SSSR count). The Morgan fingerprint density at radius 2 is 1.67 bits per heavy atom. The number of thiazole rings is 1. The fraction of sp³-hybridized carbons (Fsp3) is 0.0435. The number of fused-ring (bicyclic) bond motifs is 3. The number of benzene rings is 3. The lowest BCUT2D eigenvalue weighted by Crippen LogP contribution is -2.22. The summed E-state index contributed by atoms with van der Waals surface area (Å²) in [6.07, 6.45) is 1.94. The third kappa shape index (κ3) is 2.75. The van der Waals surface area contributed by atoms with E-state index in [9.17, 15) is 4.79 Å². The van der Waals surface area contributed by atoms with Crippen LogP contribution in [0.4, 0.5) is 0 Å². The number of rotatable bonds is 2. The highest BCUT2D eigenvalue weighted by molar-refractivity contribution is 7.15. The maximum atomic E-state index is 12.9. The van der Waals surface area contributed by atoms with E-state index in [1.165, 1.54) is 16.9 Å². The second kappa shape index (κ2) is 6.18. The first kappa shape index (κ1) is 16.0. The number of nitrogens with zero attached hydrogens (tertiary/aromatic N) is 2. The van der Waals surface area contributed by atoms with Crippen LogP contribution in [0.15, 0.2) is 77.6 Å². The average molecular weight is 368 g/mol. The standard InChI is InChI=1S/C23H16N2OS/c1-15-7-12-20-19(13-15)24-23-25(20)22(26)21(27-23)14-16-8-10-18(11-9-16)17-5-3-2-4-6-17/h2-14H,1H3/b21-14-. The molecule has 3 nitrogen and oxygen atoms in total. The third-order valence-corrected chi connectivity index (χ3v) is 5.68. The molecule has 0 amide bonds. The summed E-state index contributed by atoms with van der Waals surface area (Å²) in [5.74, 6) is 0. The second-order valence-electron chi connectivity index (χ2n) is 6.63. The molecule has 0 aliphatic heterocycles. The number of hydrogen-bond acceptors (Lipinski definition) is 3. The van der Waals surface area contributed by atoms with Crippen LogP contribution < -0.4 is 10.1 Å². The van der Waals surface area contributed by atoms with Crippen LogP contribution in [0, 0.1) is 6.92 Å². The highest BCUT2D eigenvalue weighted by Crippen LogP contribution is 2.20. The minimum atomic E-state index is -0.00603. The van der Waals surface area contributed by atoms with Gasteiger partial charge in [-0.05, 0) is 47.4 Å². The lowest BCUT2D eigenvalue weighted by Gasteiger charge is -2.01. The van der Waals surface area contributed by atoms with Crippen LogP contribution in [-0.4, -0.2) is 9.38 Å². The van der Waals surface area contributed by atoms with Crippen molar-refractivity contribution in [3.63, 3.8) is 0 Å². The van der Waals surface area contributed by atoms with Crippen LogP contribution in [-0.2, 0) is 0 Å². The number of hydrogen-bond donors (Lipinski definition) is 0. The van der Waals surface area contributed by atoms with Crippen molar-refractivity contribution in [3.8, 4) is 11.1 Å². The van der Waals surface area contributed by atoms with Crippen molar-refractivity contribution in [1.29, 1.82) is 0 Å². The van der Waals surface area contributed by atoms with Crippen LogP contribution in [0.1, 0.15) is 11.1 Å². The van der Waals surface area contributed by atoms with E-state index in [1.807, 2.05) is 61.5 Å². The largest absolute Gasteiger partial charge is 0.274 e. The number of aromatic nitrogens is 2. The van der Waals surface area contributed by atoms with E-state index in [2.05, 4.69) is 29.2 Å². The van der Waals surface area contributed by atoms with Crippen molar-refractivity contribution in [2.45, 2.75) is 6.92 Å². The van der Waals surface area contributed by atoms with E-state index in [4.69, 9.17) is 0 Å². The van der Waals surface area contributed by atoms with Crippen molar-refractivity contribution in [2.24, 2.45) is 0 Å². The Morgan fingerprint density at radius 3 is 2.44 bits per heavy atom. The number of aryl methyl sites for hydroxylation is 1. The van der Waals surface area contributed by atoms with Gasteiger partial charge in [0.1, 0.15) is 0 Å². The molecule has 0 unspecified atom stereocenters. The van der Waals surface area contributed by atoms with E-state index in [0.29, 0.717) is 4.53 Å². The molecule has 2 aromatic heterocycles. The molecule has 4 heteroatoms. The Labute approximate surface area is 159 Å². The van der Waals surface area contributed by atoms with Gasteiger partial charge in [-0.2, -0.15) is 0 Å². The first-order chi connectivity index (χ1) is 13.2. The quantitative estimate of drug-likeness (QED) is 0.462. The molecule has 2 heterocycles. The maximum Gasteiger partial charge on any atom is 0.274 e. The van der Waals surface area contributed by atoms with Gasteiger partial charge in [0.2, 0.25) is 0 Å². The SMILES string of the molecule is Cc1ccc2c(c1)nc1s/c(=C\c3ccc(-c4ccccc4)cc3)c(=O)n12. The summed E-state index contributed by atoms with van der Waals surface area (Å²) in [6.45, 7) is 2.03. The van der Waals surface area contributed by atoms with Crippen LogP contribution in [0.5, 0.6) is 0 Å². The highest BCUT2D eigenvalue weighted by atomic mass is 32.1. The summed E-state index contributed by atoms with van der Waals surface area (Å²) in [5.41, 5.74) is 6.24. The summed E-state index contributed by atoms with van der Waals surface area (Å²) in [6, 6.07) is 24.5. The summed E-state index contributed by atoms with van der Waals surface area (Å²) in [5, 5.41) is 0. The van der Waals surface area contributed by atoms with Gasteiger partial charge in [-0.25, -0.2) is 9.38 Å². The van der Waals surface area contributed by atoms with Gasteiger partial charge >= 0.3 is 0 Å². The summed E-state index contributed by atoms with van der Waals surface area (Å²) < 4.78 is 2.41. The maximum absolute atomic E-state index is 12.9. The molecule has 0 N–H and O–H groups in total. The Balaban J connectivity index is 1.60. The molecule has 0 atom stereocenters. The molecule has 3 aromatic carbocycles. The van der Waals surface area contributed by atoms with Crippen molar-refractivity contribution in [2.75, 3.05) is 0 Å². The molecule has 5 aromatic rings. The molecule has 0 spiro atoms. The van der Waals surface area contributed by atoms with E-state index in [0.717, 1.165) is 32.7 Å². The Kier molecular flexibility index (Phi) is 3.66. The van der Waals surface area contributed by atoms with Crippen molar-refractivity contribution in [1.82, 2.24) is 9.38 Å². The van der Waals surface area contributed by atoms with E-state index in [1.54, 1.807) is 4.40 Å². The third-order valence-electron chi connectivity index (χ3n) is 4.71. The van der Waals surface area contributed by atoms with Crippen LogP contribution in [0.25, 0.3) is 33.2 Å². The van der Waals surface area contributed by atoms with Crippen molar-refractivity contribution in [3.05, 3.63) is 98.8 Å². The fourth-order valence-corrected chi connectivity index (χ4v) is 4.32. The lowest BCUT2D eigenvalue weighted by molar-refractivity contribution is 1.19. The van der Waals surface area contributed by atoms with E-state index < -0.39 is 0 Å². The van der Waals surface area contributed by atoms with Gasteiger partial charge in [0.05, 0.1) is 15.6 Å². The fourth-order valence-electron chi connectivity index (χ4n) is 3.33. The molecule has 0 saturated heterocycles. The zero-order valence-corrected chi connectivity index (χ0v) is 15.5. The van der Waals surface area contributed by atoms with Crippen LogP contribution in [0.2, 0.25) is 0 Å². The zero-order valence-electron chi connectivity index (χ0n) is 14.7. The molecule has 0 radical (unpaired) electrons. The van der Waals surface area contributed by atoms with Crippen LogP contribution >= 0.6 is 11.3 Å². The Morgan fingerprint density at radius 1 is 0.926 bits per heavy atom. The van der Waals surface area contributed by atoms with Gasteiger partial charge in [-0.3, -0.25) is 4.79 Å². The summed E-state index contributed by atoms with van der Waals surface area (Å²) in [4.78, 5) is 18.2. The normalized spacial score (nSPS) is 12.3. The first-order valence-electron chi connectivity index (χ1n) is 8.78. The Bertz CT molecular complexity index is 1380. The molecule has 0 bridgehead atoms. The van der Waals surface area contributed by atoms with Gasteiger partial charge in [0, 0.05) is 0 Å². The minimum Gasteiger partial charge on any atom is -0.267 e. The summed E-state index contributed by atoms with van der Waals surface area (Å²) >= 11 is 1.43. The van der Waals surface area contributed by atoms with Crippen molar-refractivity contribution >= 4 is 33.4 Å². The molecular formula is C23H16N2OS. The predicted molar refractivity (Wildman–Crippen MR) is 112 cm³/mol. The van der Waals surface area contributed by atoms with Crippen LogP contribution in [0.3, 0.4) is 0 Å². The van der Waals surface area contributed by atoms with Gasteiger partial charge in [-0.1, -0.05) is 72.0 Å². The number of imidazole rings is 1. The monoisotopic (exact) mass is 368 g/mol. The van der Waals surface area contributed by atoms with E-state index >= 15 is 0 Å². The predicted octanol–water partition coefficient (Wildman–Crippen LogP) is 4.43. The first-order valence-corrected chi connectivity index (χ1v) is 9.59. The molecule has 0 aliphatic carbocycles. The van der Waals surface area contributed by atoms with Gasteiger partial charge in [0.15, 0.2) is 4.96 Å². The molecular weight excluding hydrogens is 352 g/mol. The molecule has 27 heavy (non-hydrogen) atoms. The molecule has 0 saturated carbocycles. The summed E-state index contributed by atoms with van der Waals surface area (Å²) in [7, 11) is 0. The highest BCUT2D eigenvalue weighted by Gasteiger charge is 2.11. The Hall–Kier alpha value is -3.24. The van der Waals surface area contributed by atoms with Gasteiger partial charge < -0.3 is 0 Å². The molecule has 0 fully saturated rings. The van der Waals surface area contributed by atoms with Crippen molar-refractivity contribution < 1.29 is 0 Å². The second-order valence-corrected chi connectivity index (χ2v) is 7.63. The van der Waals surface area contributed by atoms with E-state index in [-0.39, 0.29) is 5.56 Å². The molecule has 0 aliphatic rings. The smallest absolute Gasteiger partial charge is 0.267 e. The van der Waals surface area contributed by atoms with Gasteiger partial charge in [-0.15, -0.1) is 0 Å². The lowest BCUT2D eigenvalue weighted by atomic mass is 10.0. The minimum absolute atomic E-state index is 0.00603. The molecule has 130 valence electrons. The van der Waals surface area contributed by atoms with Gasteiger partial charge in [0.25, 0.3) is 5.56 Å². The topological polar surface area (TPSA) is 34.4 Å².